The number of aliphatic hydroxyl groups is 1. The minimum absolute atomic E-state index is 0.667. The first-order chi connectivity index (χ1) is 6.71. The lowest BCUT2D eigenvalue weighted by atomic mass is 9.88. The molecule has 2 rings (SSSR count). The number of rotatable bonds is 1. The molecule has 1 saturated heterocycles. The van der Waals surface area contributed by atoms with Crippen molar-refractivity contribution in [1.82, 2.24) is 14.9 Å². The molecule has 0 saturated carbocycles. The Labute approximate surface area is 83.6 Å². The summed E-state index contributed by atoms with van der Waals surface area (Å²) >= 11 is 0. The lowest BCUT2D eigenvalue weighted by Gasteiger charge is -2.37. The quantitative estimate of drug-likeness (QED) is 0.701. The van der Waals surface area contributed by atoms with Gasteiger partial charge in [0.25, 0.3) is 0 Å². The van der Waals surface area contributed by atoms with Crippen molar-refractivity contribution in [2.75, 3.05) is 20.1 Å². The van der Waals surface area contributed by atoms with Gasteiger partial charge in [-0.25, -0.2) is 9.97 Å². The lowest BCUT2D eigenvalue weighted by molar-refractivity contribution is -0.0283. The van der Waals surface area contributed by atoms with Crippen LogP contribution in [0.2, 0.25) is 0 Å². The largest absolute Gasteiger partial charge is 0.384 e. The molecule has 0 bridgehead atoms. The van der Waals surface area contributed by atoms with Crippen LogP contribution in [0.5, 0.6) is 0 Å². The molecular weight excluding hydrogens is 178 g/mol. The van der Waals surface area contributed by atoms with Crippen LogP contribution in [0.3, 0.4) is 0 Å². The Morgan fingerprint density at radius 3 is 2.79 bits per heavy atom. The van der Waals surface area contributed by atoms with Crippen molar-refractivity contribution >= 4 is 0 Å². The van der Waals surface area contributed by atoms with Gasteiger partial charge >= 0.3 is 0 Å². The van der Waals surface area contributed by atoms with Crippen molar-refractivity contribution in [3.8, 4) is 0 Å². The average Bonchev–Trinajstić information content (AvgIpc) is 2.19. The highest BCUT2D eigenvalue weighted by molar-refractivity contribution is 5.15. The van der Waals surface area contributed by atoms with Crippen molar-refractivity contribution in [2.45, 2.75) is 18.4 Å². The Morgan fingerprint density at radius 2 is 2.14 bits per heavy atom. The molecule has 0 aliphatic carbocycles. The minimum Gasteiger partial charge on any atom is -0.384 e. The summed E-state index contributed by atoms with van der Waals surface area (Å²) in [6.07, 6.45) is 6.70. The number of β-amino-alcohol motifs (C(OH)–C–C–N with tert-alkyl or cyclic N) is 1. The molecule has 1 aromatic rings. The SMILES string of the molecule is CN1CCCC(O)(c2cncnc2)C1. The molecule has 76 valence electrons. The summed E-state index contributed by atoms with van der Waals surface area (Å²) in [6.45, 7) is 1.72. The van der Waals surface area contributed by atoms with Crippen molar-refractivity contribution in [3.05, 3.63) is 24.3 Å². The van der Waals surface area contributed by atoms with Crippen molar-refractivity contribution in [1.29, 1.82) is 0 Å². The predicted molar refractivity (Wildman–Crippen MR) is 52.7 cm³/mol. The molecule has 4 nitrogen and oxygen atoms in total. The summed E-state index contributed by atoms with van der Waals surface area (Å²) in [4.78, 5) is 10.0. The Hall–Kier alpha value is -1.00. The Kier molecular flexibility index (Phi) is 2.48. The summed E-state index contributed by atoms with van der Waals surface area (Å²) in [5, 5.41) is 10.4. The van der Waals surface area contributed by atoms with Gasteiger partial charge in [0.2, 0.25) is 0 Å². The molecule has 4 heteroatoms. The van der Waals surface area contributed by atoms with Gasteiger partial charge in [-0.05, 0) is 26.4 Å². The van der Waals surface area contributed by atoms with Crippen LogP contribution in [-0.4, -0.2) is 40.1 Å². The van der Waals surface area contributed by atoms with Gasteiger partial charge < -0.3 is 10.0 Å². The number of aromatic nitrogens is 2. The zero-order valence-electron chi connectivity index (χ0n) is 8.35. The third-order valence-corrected chi connectivity index (χ3v) is 2.76. The van der Waals surface area contributed by atoms with Crippen molar-refractivity contribution in [2.24, 2.45) is 0 Å². The van der Waals surface area contributed by atoms with E-state index in [2.05, 4.69) is 14.9 Å². The molecule has 1 aliphatic heterocycles. The number of piperidine rings is 1. The molecule has 1 fully saturated rings. The van der Waals surface area contributed by atoms with Crippen LogP contribution in [0, 0.1) is 0 Å². The van der Waals surface area contributed by atoms with Gasteiger partial charge in [-0.2, -0.15) is 0 Å². The van der Waals surface area contributed by atoms with Gasteiger partial charge in [-0.1, -0.05) is 0 Å². The highest BCUT2D eigenvalue weighted by Gasteiger charge is 2.33. The van der Waals surface area contributed by atoms with E-state index in [1.807, 2.05) is 7.05 Å². The molecule has 1 unspecified atom stereocenters. The Bertz CT molecular complexity index is 303. The number of hydrogen-bond donors (Lipinski definition) is 1. The first-order valence-corrected chi connectivity index (χ1v) is 4.87. The highest BCUT2D eigenvalue weighted by Crippen LogP contribution is 2.29. The van der Waals surface area contributed by atoms with Crippen LogP contribution in [0.15, 0.2) is 18.7 Å². The maximum absolute atomic E-state index is 10.4. The van der Waals surface area contributed by atoms with E-state index < -0.39 is 5.60 Å². The van der Waals surface area contributed by atoms with E-state index in [9.17, 15) is 5.11 Å². The van der Waals surface area contributed by atoms with E-state index in [4.69, 9.17) is 0 Å². The van der Waals surface area contributed by atoms with Crippen LogP contribution in [0.25, 0.3) is 0 Å². The fourth-order valence-corrected chi connectivity index (χ4v) is 2.02. The monoisotopic (exact) mass is 193 g/mol. The summed E-state index contributed by atoms with van der Waals surface area (Å²) in [5.74, 6) is 0. The smallest absolute Gasteiger partial charge is 0.115 e. The number of likely N-dealkylation sites (N-methyl/N-ethyl adjacent to an activating group) is 1. The zero-order chi connectivity index (χ0) is 10.0. The topological polar surface area (TPSA) is 49.2 Å². The summed E-state index contributed by atoms with van der Waals surface area (Å²) in [5.41, 5.74) is 0.0698. The van der Waals surface area contributed by atoms with E-state index in [0.717, 1.165) is 24.9 Å². The van der Waals surface area contributed by atoms with E-state index in [0.29, 0.717) is 6.54 Å². The second-order valence-corrected chi connectivity index (χ2v) is 4.00. The van der Waals surface area contributed by atoms with Gasteiger partial charge in [0.05, 0.1) is 0 Å². The van der Waals surface area contributed by atoms with E-state index in [1.54, 1.807) is 12.4 Å². The van der Waals surface area contributed by atoms with Crippen LogP contribution < -0.4 is 0 Å². The maximum atomic E-state index is 10.4. The second-order valence-electron chi connectivity index (χ2n) is 4.00. The van der Waals surface area contributed by atoms with Crippen LogP contribution in [-0.2, 0) is 5.60 Å². The average molecular weight is 193 g/mol. The fourth-order valence-electron chi connectivity index (χ4n) is 2.02. The molecule has 0 spiro atoms. The molecule has 0 aromatic carbocycles. The lowest BCUT2D eigenvalue weighted by Crippen LogP contribution is -2.44. The van der Waals surface area contributed by atoms with E-state index in [-0.39, 0.29) is 0 Å². The summed E-state index contributed by atoms with van der Waals surface area (Å²) in [6, 6.07) is 0. The Morgan fingerprint density at radius 1 is 1.43 bits per heavy atom. The number of nitrogens with zero attached hydrogens (tertiary/aromatic N) is 3. The van der Waals surface area contributed by atoms with Crippen LogP contribution >= 0.6 is 0 Å². The third-order valence-electron chi connectivity index (χ3n) is 2.76. The molecular formula is C10H15N3O. The normalized spacial score (nSPS) is 29.0. The highest BCUT2D eigenvalue weighted by atomic mass is 16.3. The number of hydrogen-bond acceptors (Lipinski definition) is 4. The fraction of sp³-hybridized carbons (Fsp3) is 0.600. The van der Waals surface area contributed by atoms with E-state index in [1.165, 1.54) is 6.33 Å². The van der Waals surface area contributed by atoms with Crippen molar-refractivity contribution in [3.63, 3.8) is 0 Å². The number of likely N-dealkylation sites (tertiary alicyclic amines) is 1. The minimum atomic E-state index is -0.756. The Balaban J connectivity index is 2.23. The standard InChI is InChI=1S/C10H15N3O/c1-13-4-2-3-10(14,7-13)9-5-11-8-12-6-9/h5-6,8,14H,2-4,7H2,1H3. The van der Waals surface area contributed by atoms with Gasteiger partial charge in [-0.15, -0.1) is 0 Å². The molecule has 0 amide bonds. The molecule has 1 aliphatic rings. The third kappa shape index (κ3) is 1.76. The van der Waals surface area contributed by atoms with E-state index >= 15 is 0 Å². The summed E-state index contributed by atoms with van der Waals surface area (Å²) < 4.78 is 0. The van der Waals surface area contributed by atoms with Gasteiger partial charge in [0.1, 0.15) is 11.9 Å². The molecule has 2 heterocycles. The first-order valence-electron chi connectivity index (χ1n) is 4.87. The van der Waals surface area contributed by atoms with Crippen LogP contribution in [0.1, 0.15) is 18.4 Å². The maximum Gasteiger partial charge on any atom is 0.115 e. The van der Waals surface area contributed by atoms with Gasteiger partial charge in [-0.3, -0.25) is 0 Å². The first kappa shape index (κ1) is 9.55. The molecule has 1 N–H and O–H groups in total. The molecule has 1 aromatic heterocycles. The van der Waals surface area contributed by atoms with Crippen LogP contribution in [0.4, 0.5) is 0 Å². The zero-order valence-corrected chi connectivity index (χ0v) is 8.35. The summed E-state index contributed by atoms with van der Waals surface area (Å²) in [7, 11) is 2.02. The van der Waals surface area contributed by atoms with Gasteiger partial charge in [0, 0.05) is 24.5 Å². The van der Waals surface area contributed by atoms with Crippen molar-refractivity contribution < 1.29 is 5.11 Å². The second kappa shape index (κ2) is 3.63. The molecule has 0 radical (unpaired) electrons. The molecule has 14 heavy (non-hydrogen) atoms. The molecule has 1 atom stereocenters. The van der Waals surface area contributed by atoms with Gasteiger partial charge in [0.15, 0.2) is 0 Å². The predicted octanol–water partition coefficient (Wildman–Crippen LogP) is 0.390.